The smallest absolute Gasteiger partial charge is 0.318 e. The normalized spacial score (nSPS) is 47.6. The van der Waals surface area contributed by atoms with Gasteiger partial charge in [0.2, 0.25) is 0 Å². The summed E-state index contributed by atoms with van der Waals surface area (Å²) < 4.78 is 0. The molecule has 3 nitrogen and oxygen atoms in total. The molecule has 104 valence electrons. The van der Waals surface area contributed by atoms with Crippen molar-refractivity contribution in [3.05, 3.63) is 12.2 Å². The molecule has 1 unspecified atom stereocenters. The third kappa shape index (κ3) is 1.66. The number of amides is 2. The number of hydrogen-bond donors (Lipinski definition) is 1. The van der Waals surface area contributed by atoms with Crippen molar-refractivity contribution in [1.82, 2.24) is 10.2 Å². The molecule has 2 amide bonds. The van der Waals surface area contributed by atoms with Crippen molar-refractivity contribution in [2.45, 2.75) is 57.0 Å². The Balaban J connectivity index is 1.62. The lowest BCUT2D eigenvalue weighted by molar-refractivity contribution is -0.0648. The second-order valence-corrected chi connectivity index (χ2v) is 7.60. The number of nitrogens with one attached hydrogen (secondary N) is 1. The average Bonchev–Trinajstić information content (AvgIpc) is 2.70. The maximum absolute atomic E-state index is 12.4. The maximum Gasteiger partial charge on any atom is 0.318 e. The zero-order valence-corrected chi connectivity index (χ0v) is 11.8. The van der Waals surface area contributed by atoms with Gasteiger partial charge in [-0.2, -0.15) is 0 Å². The van der Waals surface area contributed by atoms with E-state index >= 15 is 0 Å². The number of nitrogens with zero attached hydrogens (tertiary/aromatic N) is 1. The van der Waals surface area contributed by atoms with E-state index in [9.17, 15) is 4.79 Å². The van der Waals surface area contributed by atoms with Gasteiger partial charge in [0.1, 0.15) is 0 Å². The minimum atomic E-state index is 0.162. The molecule has 1 saturated heterocycles. The summed E-state index contributed by atoms with van der Waals surface area (Å²) in [6.45, 7) is 6.88. The number of carbonyl (C=O) groups excluding carboxylic acids is 1. The molecule has 1 heterocycles. The third-order valence-electron chi connectivity index (χ3n) is 6.08. The molecule has 5 aliphatic rings. The van der Waals surface area contributed by atoms with E-state index in [1.165, 1.54) is 38.5 Å². The summed E-state index contributed by atoms with van der Waals surface area (Å²) in [7, 11) is 0. The predicted molar refractivity (Wildman–Crippen MR) is 74.7 cm³/mol. The van der Waals surface area contributed by atoms with Crippen LogP contribution in [0.25, 0.3) is 0 Å². The topological polar surface area (TPSA) is 32.3 Å². The highest BCUT2D eigenvalue weighted by Crippen LogP contribution is 2.58. The van der Waals surface area contributed by atoms with E-state index in [1.54, 1.807) is 0 Å². The van der Waals surface area contributed by atoms with Crippen LogP contribution in [-0.4, -0.2) is 29.1 Å². The Morgan fingerprint density at radius 1 is 1.21 bits per heavy atom. The number of urea groups is 1. The van der Waals surface area contributed by atoms with Crippen LogP contribution in [0, 0.1) is 17.8 Å². The summed E-state index contributed by atoms with van der Waals surface area (Å²) in [6, 6.07) is 0.329. The Morgan fingerprint density at radius 3 is 2.16 bits per heavy atom. The van der Waals surface area contributed by atoms with Crippen LogP contribution in [0.15, 0.2) is 12.2 Å². The van der Waals surface area contributed by atoms with Crippen LogP contribution < -0.4 is 5.32 Å². The van der Waals surface area contributed by atoms with Crippen molar-refractivity contribution in [2.24, 2.45) is 17.8 Å². The summed E-state index contributed by atoms with van der Waals surface area (Å²) in [4.78, 5) is 14.6. The summed E-state index contributed by atoms with van der Waals surface area (Å²) in [5, 5.41) is 3.12. The van der Waals surface area contributed by atoms with Crippen LogP contribution in [0.5, 0.6) is 0 Å². The molecule has 5 rings (SSSR count). The van der Waals surface area contributed by atoms with Gasteiger partial charge in [-0.15, -0.1) is 0 Å². The quantitative estimate of drug-likeness (QED) is 0.761. The van der Waals surface area contributed by atoms with Crippen LogP contribution in [0.2, 0.25) is 0 Å². The van der Waals surface area contributed by atoms with Gasteiger partial charge in [-0.1, -0.05) is 12.2 Å². The highest BCUT2D eigenvalue weighted by Gasteiger charge is 2.56. The highest BCUT2D eigenvalue weighted by atomic mass is 16.2. The Kier molecular flexibility index (Phi) is 2.34. The molecule has 0 spiro atoms. The second-order valence-electron chi connectivity index (χ2n) is 7.60. The Hall–Kier alpha value is -0.990. The molecule has 0 aromatic rings. The van der Waals surface area contributed by atoms with Crippen LogP contribution >= 0.6 is 0 Å². The van der Waals surface area contributed by atoms with Crippen LogP contribution in [0.4, 0.5) is 4.79 Å². The number of rotatable bonds is 2. The van der Waals surface area contributed by atoms with E-state index in [4.69, 9.17) is 0 Å². The van der Waals surface area contributed by atoms with Crippen molar-refractivity contribution in [3.8, 4) is 0 Å². The van der Waals surface area contributed by atoms with E-state index in [-0.39, 0.29) is 17.6 Å². The van der Waals surface area contributed by atoms with E-state index in [0.717, 1.165) is 29.9 Å². The summed E-state index contributed by atoms with van der Waals surface area (Å²) in [5.74, 6) is 2.67. The molecule has 4 bridgehead atoms. The van der Waals surface area contributed by atoms with Gasteiger partial charge in [0.25, 0.3) is 0 Å². The molecular weight excluding hydrogens is 236 g/mol. The largest absolute Gasteiger partial charge is 0.330 e. The molecule has 0 aromatic heterocycles. The van der Waals surface area contributed by atoms with Gasteiger partial charge >= 0.3 is 6.03 Å². The summed E-state index contributed by atoms with van der Waals surface area (Å²) in [6.07, 6.45) is 8.07. The van der Waals surface area contributed by atoms with Gasteiger partial charge in [0.05, 0.1) is 6.04 Å². The molecule has 1 atom stereocenters. The maximum atomic E-state index is 12.4. The monoisotopic (exact) mass is 260 g/mol. The van der Waals surface area contributed by atoms with Gasteiger partial charge in [0, 0.05) is 12.1 Å². The van der Waals surface area contributed by atoms with E-state index in [1.807, 2.05) is 6.92 Å². The lowest BCUT2D eigenvalue weighted by Gasteiger charge is -2.59. The molecule has 3 heteroatoms. The third-order valence-corrected chi connectivity index (χ3v) is 6.08. The van der Waals surface area contributed by atoms with E-state index in [0.29, 0.717) is 0 Å². The molecule has 0 radical (unpaired) electrons. The molecule has 0 aromatic carbocycles. The first-order valence-electron chi connectivity index (χ1n) is 7.79. The molecule has 1 N–H and O–H groups in total. The van der Waals surface area contributed by atoms with Crippen LogP contribution in [-0.2, 0) is 0 Å². The van der Waals surface area contributed by atoms with Crippen LogP contribution in [0.1, 0.15) is 45.4 Å². The minimum absolute atomic E-state index is 0.162. The molecule has 5 fully saturated rings. The van der Waals surface area contributed by atoms with Crippen molar-refractivity contribution in [3.63, 3.8) is 0 Å². The molecular formula is C16H24N2O. The van der Waals surface area contributed by atoms with Gasteiger partial charge in [-0.3, -0.25) is 0 Å². The first-order valence-corrected chi connectivity index (χ1v) is 7.79. The van der Waals surface area contributed by atoms with Crippen molar-refractivity contribution in [1.29, 1.82) is 0 Å². The Labute approximate surface area is 115 Å². The van der Waals surface area contributed by atoms with E-state index < -0.39 is 0 Å². The second kappa shape index (κ2) is 3.77. The molecule has 4 saturated carbocycles. The van der Waals surface area contributed by atoms with Crippen molar-refractivity contribution < 1.29 is 4.79 Å². The van der Waals surface area contributed by atoms with Crippen molar-refractivity contribution >= 4 is 6.03 Å². The number of carbonyl (C=O) groups is 1. The minimum Gasteiger partial charge on any atom is -0.330 e. The van der Waals surface area contributed by atoms with Gasteiger partial charge in [0.15, 0.2) is 0 Å². The van der Waals surface area contributed by atoms with Crippen LogP contribution in [0.3, 0.4) is 0 Å². The lowest BCUT2D eigenvalue weighted by Crippen LogP contribution is -2.60. The zero-order valence-electron chi connectivity index (χ0n) is 11.8. The Morgan fingerprint density at radius 2 is 1.74 bits per heavy atom. The SMILES string of the molecule is C=C(C)C1CN(C23CC4CC(CC(C4)C2)C3)C(=O)N1. The molecule has 19 heavy (non-hydrogen) atoms. The zero-order chi connectivity index (χ0) is 13.2. The first kappa shape index (κ1) is 11.8. The molecule has 4 aliphatic carbocycles. The number of hydrogen-bond acceptors (Lipinski definition) is 1. The average molecular weight is 260 g/mol. The van der Waals surface area contributed by atoms with Gasteiger partial charge in [-0.05, 0) is 63.2 Å². The van der Waals surface area contributed by atoms with Gasteiger partial charge < -0.3 is 10.2 Å². The van der Waals surface area contributed by atoms with Crippen molar-refractivity contribution in [2.75, 3.05) is 6.54 Å². The molecule has 1 aliphatic heterocycles. The Bertz CT molecular complexity index is 407. The highest BCUT2D eigenvalue weighted by molar-refractivity contribution is 5.78. The summed E-state index contributed by atoms with van der Waals surface area (Å²) in [5.41, 5.74) is 1.28. The summed E-state index contributed by atoms with van der Waals surface area (Å²) >= 11 is 0. The first-order chi connectivity index (χ1) is 9.06. The fourth-order valence-corrected chi connectivity index (χ4v) is 5.62. The fraction of sp³-hybridized carbons (Fsp3) is 0.812. The predicted octanol–water partition coefficient (Wildman–Crippen LogP) is 2.93. The fourth-order valence-electron chi connectivity index (χ4n) is 5.62. The van der Waals surface area contributed by atoms with E-state index in [2.05, 4.69) is 16.8 Å². The van der Waals surface area contributed by atoms with Gasteiger partial charge in [-0.25, -0.2) is 4.79 Å². The standard InChI is InChI=1S/C16H24N2O/c1-10(2)14-9-18(15(19)17-14)16-6-11-3-12(7-16)5-13(4-11)8-16/h11-14H,1,3-9H2,2H3,(H,17,19). The lowest BCUT2D eigenvalue weighted by atomic mass is 9.52.